The SMILES string of the molecule is COc1ccc(C(=O)OCc2noc(-c3ccccc3Cl)n2)c(OC)c1. The molecule has 0 atom stereocenters. The highest BCUT2D eigenvalue weighted by Crippen LogP contribution is 2.27. The van der Waals surface area contributed by atoms with Crippen LogP contribution in [0.4, 0.5) is 0 Å². The van der Waals surface area contributed by atoms with Crippen LogP contribution in [0.25, 0.3) is 11.5 Å². The third-order valence-electron chi connectivity index (χ3n) is 3.53. The molecule has 7 nitrogen and oxygen atoms in total. The number of ether oxygens (including phenoxy) is 3. The van der Waals surface area contributed by atoms with Crippen molar-refractivity contribution in [1.29, 1.82) is 0 Å². The summed E-state index contributed by atoms with van der Waals surface area (Å²) in [4.78, 5) is 16.5. The number of benzene rings is 2. The molecule has 0 spiro atoms. The molecule has 2 aromatic carbocycles. The molecule has 26 heavy (non-hydrogen) atoms. The van der Waals surface area contributed by atoms with Crippen LogP contribution in [0.2, 0.25) is 5.02 Å². The Kier molecular flexibility index (Phi) is 5.38. The first-order chi connectivity index (χ1) is 12.6. The van der Waals surface area contributed by atoms with Gasteiger partial charge < -0.3 is 18.7 Å². The molecular weight excluding hydrogens is 360 g/mol. The summed E-state index contributed by atoms with van der Waals surface area (Å²) >= 11 is 6.10. The predicted molar refractivity (Wildman–Crippen MR) is 93.4 cm³/mol. The quantitative estimate of drug-likeness (QED) is 0.607. The molecule has 0 aliphatic carbocycles. The third kappa shape index (κ3) is 3.78. The molecule has 0 fully saturated rings. The lowest BCUT2D eigenvalue weighted by Gasteiger charge is -2.09. The molecule has 8 heteroatoms. The molecule has 0 N–H and O–H groups in total. The largest absolute Gasteiger partial charge is 0.497 e. The van der Waals surface area contributed by atoms with E-state index in [1.165, 1.54) is 14.2 Å². The molecule has 1 heterocycles. The average molecular weight is 375 g/mol. The van der Waals surface area contributed by atoms with E-state index in [0.717, 1.165) is 0 Å². The van der Waals surface area contributed by atoms with Gasteiger partial charge >= 0.3 is 5.97 Å². The number of aromatic nitrogens is 2. The first kappa shape index (κ1) is 17.8. The van der Waals surface area contributed by atoms with Crippen LogP contribution in [0.1, 0.15) is 16.2 Å². The van der Waals surface area contributed by atoms with Gasteiger partial charge in [0.05, 0.1) is 24.8 Å². The number of methoxy groups -OCH3 is 2. The van der Waals surface area contributed by atoms with E-state index in [4.69, 9.17) is 30.3 Å². The molecular formula is C18H15ClN2O5. The maximum absolute atomic E-state index is 12.3. The van der Waals surface area contributed by atoms with E-state index < -0.39 is 5.97 Å². The van der Waals surface area contributed by atoms with Crippen molar-refractivity contribution in [3.05, 3.63) is 58.9 Å². The van der Waals surface area contributed by atoms with Crippen LogP contribution in [0.15, 0.2) is 47.0 Å². The Balaban J connectivity index is 1.70. The van der Waals surface area contributed by atoms with E-state index in [-0.39, 0.29) is 23.9 Å². The van der Waals surface area contributed by atoms with Crippen LogP contribution >= 0.6 is 11.6 Å². The van der Waals surface area contributed by atoms with Crippen molar-refractivity contribution in [3.8, 4) is 23.0 Å². The first-order valence-electron chi connectivity index (χ1n) is 7.59. The lowest BCUT2D eigenvalue weighted by molar-refractivity contribution is 0.0456. The minimum absolute atomic E-state index is 0.151. The molecule has 0 amide bonds. The number of hydrogen-bond donors (Lipinski definition) is 0. The zero-order valence-corrected chi connectivity index (χ0v) is 14.8. The van der Waals surface area contributed by atoms with E-state index in [1.54, 1.807) is 42.5 Å². The summed E-state index contributed by atoms with van der Waals surface area (Å²) in [6.07, 6.45) is 0. The van der Waals surface area contributed by atoms with Crippen LogP contribution in [-0.4, -0.2) is 30.3 Å². The summed E-state index contributed by atoms with van der Waals surface area (Å²) < 4.78 is 20.7. The second kappa shape index (κ2) is 7.88. The Morgan fingerprint density at radius 3 is 2.69 bits per heavy atom. The molecule has 0 unspecified atom stereocenters. The fourth-order valence-electron chi connectivity index (χ4n) is 2.23. The molecule has 0 aliphatic heterocycles. The number of hydrogen-bond acceptors (Lipinski definition) is 7. The standard InChI is InChI=1S/C18H15ClN2O5/c1-23-11-7-8-13(15(9-11)24-2)18(22)25-10-16-20-17(26-21-16)12-5-3-4-6-14(12)19/h3-9H,10H2,1-2H3. The molecule has 0 saturated carbocycles. The number of carbonyl (C=O) groups is 1. The van der Waals surface area contributed by atoms with E-state index in [0.29, 0.717) is 22.1 Å². The summed E-state index contributed by atoms with van der Waals surface area (Å²) in [6.45, 7) is -0.151. The number of nitrogens with zero attached hydrogens (tertiary/aromatic N) is 2. The Morgan fingerprint density at radius 2 is 1.96 bits per heavy atom. The summed E-state index contributed by atoms with van der Waals surface area (Å²) in [7, 11) is 2.99. The van der Waals surface area contributed by atoms with Crippen molar-refractivity contribution >= 4 is 17.6 Å². The van der Waals surface area contributed by atoms with Gasteiger partial charge in [0.1, 0.15) is 17.1 Å². The van der Waals surface area contributed by atoms with E-state index in [2.05, 4.69) is 10.1 Å². The number of esters is 1. The van der Waals surface area contributed by atoms with Crippen molar-refractivity contribution in [1.82, 2.24) is 10.1 Å². The van der Waals surface area contributed by atoms with Gasteiger partial charge in [-0.1, -0.05) is 28.9 Å². The van der Waals surface area contributed by atoms with Crippen LogP contribution in [0, 0.1) is 0 Å². The van der Waals surface area contributed by atoms with Gasteiger partial charge in [0.15, 0.2) is 6.61 Å². The molecule has 3 rings (SSSR count). The molecule has 134 valence electrons. The zero-order chi connectivity index (χ0) is 18.5. The van der Waals surface area contributed by atoms with Crippen LogP contribution in [0.3, 0.4) is 0 Å². The van der Waals surface area contributed by atoms with Crippen molar-refractivity contribution < 1.29 is 23.5 Å². The highest BCUT2D eigenvalue weighted by atomic mass is 35.5. The number of rotatable bonds is 6. The monoisotopic (exact) mass is 374 g/mol. The van der Waals surface area contributed by atoms with E-state index in [1.807, 2.05) is 0 Å². The van der Waals surface area contributed by atoms with Gasteiger partial charge in [0, 0.05) is 6.07 Å². The van der Waals surface area contributed by atoms with Crippen molar-refractivity contribution in [2.45, 2.75) is 6.61 Å². The maximum Gasteiger partial charge on any atom is 0.342 e. The zero-order valence-electron chi connectivity index (χ0n) is 14.1. The Morgan fingerprint density at radius 1 is 1.15 bits per heavy atom. The third-order valence-corrected chi connectivity index (χ3v) is 3.86. The van der Waals surface area contributed by atoms with E-state index >= 15 is 0 Å². The molecule has 0 bridgehead atoms. The summed E-state index contributed by atoms with van der Waals surface area (Å²) in [5.41, 5.74) is 0.874. The first-order valence-corrected chi connectivity index (χ1v) is 7.97. The van der Waals surface area contributed by atoms with Gasteiger partial charge in [-0.3, -0.25) is 0 Å². The van der Waals surface area contributed by atoms with Crippen molar-refractivity contribution in [3.63, 3.8) is 0 Å². The minimum atomic E-state index is -0.575. The fourth-order valence-corrected chi connectivity index (χ4v) is 2.45. The molecule has 0 aliphatic rings. The van der Waals surface area contributed by atoms with Gasteiger partial charge in [-0.2, -0.15) is 4.98 Å². The highest BCUT2D eigenvalue weighted by molar-refractivity contribution is 6.33. The Hall–Kier alpha value is -3.06. The van der Waals surface area contributed by atoms with Crippen LogP contribution in [0.5, 0.6) is 11.5 Å². The van der Waals surface area contributed by atoms with Crippen LogP contribution in [-0.2, 0) is 11.3 Å². The molecule has 1 aromatic heterocycles. The predicted octanol–water partition coefficient (Wildman–Crippen LogP) is 3.76. The highest BCUT2D eigenvalue weighted by Gasteiger charge is 2.17. The Bertz CT molecular complexity index is 925. The number of carbonyl (C=O) groups excluding carboxylic acids is 1. The van der Waals surface area contributed by atoms with Crippen molar-refractivity contribution in [2.24, 2.45) is 0 Å². The Labute approximate surface area is 154 Å². The molecule has 3 aromatic rings. The van der Waals surface area contributed by atoms with Gasteiger partial charge in [0.25, 0.3) is 5.89 Å². The van der Waals surface area contributed by atoms with Gasteiger partial charge in [0.2, 0.25) is 5.82 Å². The lowest BCUT2D eigenvalue weighted by Crippen LogP contribution is -2.08. The lowest BCUT2D eigenvalue weighted by atomic mass is 10.2. The fraction of sp³-hybridized carbons (Fsp3) is 0.167. The smallest absolute Gasteiger partial charge is 0.342 e. The van der Waals surface area contributed by atoms with Gasteiger partial charge in [-0.25, -0.2) is 4.79 Å². The molecule has 0 saturated heterocycles. The topological polar surface area (TPSA) is 83.7 Å². The minimum Gasteiger partial charge on any atom is -0.497 e. The van der Waals surface area contributed by atoms with Gasteiger partial charge in [-0.05, 0) is 24.3 Å². The van der Waals surface area contributed by atoms with E-state index in [9.17, 15) is 4.79 Å². The molecule has 0 radical (unpaired) electrons. The average Bonchev–Trinajstić information content (AvgIpc) is 3.14. The summed E-state index contributed by atoms with van der Waals surface area (Å²) in [5.74, 6) is 0.818. The normalized spacial score (nSPS) is 10.4. The maximum atomic E-state index is 12.3. The second-order valence-electron chi connectivity index (χ2n) is 5.14. The number of halogens is 1. The van der Waals surface area contributed by atoms with Gasteiger partial charge in [-0.15, -0.1) is 0 Å². The summed E-state index contributed by atoms with van der Waals surface area (Å²) in [5, 5.41) is 4.28. The van der Waals surface area contributed by atoms with Crippen molar-refractivity contribution in [2.75, 3.05) is 14.2 Å². The summed E-state index contributed by atoms with van der Waals surface area (Å²) in [6, 6.07) is 11.9. The second-order valence-corrected chi connectivity index (χ2v) is 5.55. The van der Waals surface area contributed by atoms with Crippen LogP contribution < -0.4 is 9.47 Å².